The number of thioether (sulfide) groups is 1. The molecule has 6 nitrogen and oxygen atoms in total. The highest BCUT2D eigenvalue weighted by molar-refractivity contribution is 7.99. The molecular weight excluding hydrogens is 393 g/mol. The molecule has 0 saturated carbocycles. The van der Waals surface area contributed by atoms with Crippen molar-refractivity contribution in [3.8, 4) is 0 Å². The average Bonchev–Trinajstić information content (AvgIpc) is 3.24. The van der Waals surface area contributed by atoms with Crippen molar-refractivity contribution in [1.82, 2.24) is 9.55 Å². The number of para-hydroxylation sites is 2. The number of aromatic nitrogens is 2. The van der Waals surface area contributed by atoms with E-state index in [0.29, 0.717) is 21.8 Å². The first-order valence-electron chi connectivity index (χ1n) is 8.81. The van der Waals surface area contributed by atoms with Gasteiger partial charge in [0.25, 0.3) is 5.56 Å². The summed E-state index contributed by atoms with van der Waals surface area (Å²) in [4.78, 5) is 29.8. The molecular formula is C21H16FN3O3S. The molecule has 0 saturated heterocycles. The molecule has 4 rings (SSSR count). The summed E-state index contributed by atoms with van der Waals surface area (Å²) in [6.07, 6.45) is 1.53. The van der Waals surface area contributed by atoms with E-state index in [9.17, 15) is 14.0 Å². The fourth-order valence-electron chi connectivity index (χ4n) is 2.83. The maximum Gasteiger partial charge on any atom is 0.262 e. The first-order chi connectivity index (χ1) is 14.1. The average molecular weight is 409 g/mol. The van der Waals surface area contributed by atoms with E-state index in [-0.39, 0.29) is 23.5 Å². The summed E-state index contributed by atoms with van der Waals surface area (Å²) in [7, 11) is 0. The van der Waals surface area contributed by atoms with Crippen molar-refractivity contribution in [3.63, 3.8) is 0 Å². The van der Waals surface area contributed by atoms with E-state index in [4.69, 9.17) is 4.42 Å². The fraction of sp³-hybridized carbons (Fsp3) is 0.0952. The normalized spacial score (nSPS) is 10.9. The SMILES string of the molecule is O=C(CSc1nc2ccccc2c(=O)n1Cc1ccco1)Nc1ccccc1F. The van der Waals surface area contributed by atoms with Crippen molar-refractivity contribution in [2.24, 2.45) is 0 Å². The third kappa shape index (κ3) is 4.22. The number of hydrogen-bond donors (Lipinski definition) is 1. The topological polar surface area (TPSA) is 77.1 Å². The van der Waals surface area contributed by atoms with Gasteiger partial charge in [-0.05, 0) is 36.4 Å². The van der Waals surface area contributed by atoms with Crippen molar-refractivity contribution in [3.05, 3.63) is 88.9 Å². The number of furan rings is 1. The first-order valence-corrected chi connectivity index (χ1v) is 9.79. The van der Waals surface area contributed by atoms with E-state index < -0.39 is 11.7 Å². The van der Waals surface area contributed by atoms with Gasteiger partial charge in [-0.1, -0.05) is 36.0 Å². The highest BCUT2D eigenvalue weighted by Crippen LogP contribution is 2.20. The molecule has 2 heterocycles. The maximum atomic E-state index is 13.7. The molecule has 0 radical (unpaired) electrons. The molecule has 0 fully saturated rings. The minimum Gasteiger partial charge on any atom is -0.467 e. The molecule has 2 aromatic carbocycles. The molecule has 146 valence electrons. The standard InChI is InChI=1S/C21H16FN3O3S/c22-16-8-2-4-10-18(16)23-19(26)13-29-21-24-17-9-3-1-7-15(17)20(27)25(21)12-14-6-5-11-28-14/h1-11H,12-13H2,(H,23,26). The predicted molar refractivity (Wildman–Crippen MR) is 110 cm³/mol. The molecule has 0 aliphatic heterocycles. The van der Waals surface area contributed by atoms with Crippen LogP contribution >= 0.6 is 11.8 Å². The van der Waals surface area contributed by atoms with Crippen LogP contribution < -0.4 is 10.9 Å². The smallest absolute Gasteiger partial charge is 0.262 e. The number of rotatable bonds is 6. The second kappa shape index (κ2) is 8.32. The maximum absolute atomic E-state index is 13.7. The number of nitrogens with one attached hydrogen (secondary N) is 1. The second-order valence-electron chi connectivity index (χ2n) is 6.20. The van der Waals surface area contributed by atoms with Gasteiger partial charge in [0.15, 0.2) is 5.16 Å². The Morgan fingerprint density at radius 3 is 2.69 bits per heavy atom. The Hall–Kier alpha value is -3.39. The lowest BCUT2D eigenvalue weighted by Gasteiger charge is -2.12. The number of carbonyl (C=O) groups excluding carboxylic acids is 1. The zero-order chi connectivity index (χ0) is 20.2. The molecule has 1 amide bonds. The van der Waals surface area contributed by atoms with Crippen molar-refractivity contribution < 1.29 is 13.6 Å². The van der Waals surface area contributed by atoms with Gasteiger partial charge in [-0.15, -0.1) is 0 Å². The molecule has 1 N–H and O–H groups in total. The van der Waals surface area contributed by atoms with Crippen molar-refractivity contribution in [2.45, 2.75) is 11.7 Å². The van der Waals surface area contributed by atoms with Gasteiger partial charge in [-0.2, -0.15) is 0 Å². The van der Waals surface area contributed by atoms with Crippen LogP contribution in [0.1, 0.15) is 5.76 Å². The lowest BCUT2D eigenvalue weighted by atomic mass is 10.2. The minimum absolute atomic E-state index is 0.0305. The number of halogens is 1. The van der Waals surface area contributed by atoms with Crippen LogP contribution in [0.4, 0.5) is 10.1 Å². The Balaban J connectivity index is 1.61. The van der Waals surface area contributed by atoms with E-state index in [1.54, 1.807) is 48.5 Å². The van der Waals surface area contributed by atoms with Crippen LogP contribution in [0, 0.1) is 5.82 Å². The van der Waals surface area contributed by atoms with Gasteiger partial charge in [0, 0.05) is 0 Å². The number of hydrogen-bond acceptors (Lipinski definition) is 5. The van der Waals surface area contributed by atoms with Crippen molar-refractivity contribution in [2.75, 3.05) is 11.1 Å². The molecule has 0 aliphatic rings. The van der Waals surface area contributed by atoms with Crippen LogP contribution in [0.15, 0.2) is 81.3 Å². The molecule has 0 aliphatic carbocycles. The number of amides is 1. The molecule has 2 aromatic heterocycles. The van der Waals surface area contributed by atoms with Gasteiger partial charge >= 0.3 is 0 Å². The summed E-state index contributed by atoms with van der Waals surface area (Å²) in [5.41, 5.74) is 0.437. The highest BCUT2D eigenvalue weighted by Gasteiger charge is 2.15. The summed E-state index contributed by atoms with van der Waals surface area (Å²) < 4.78 is 20.6. The van der Waals surface area contributed by atoms with Gasteiger partial charge in [0.05, 0.1) is 35.2 Å². The number of anilines is 1. The van der Waals surface area contributed by atoms with E-state index in [1.807, 2.05) is 0 Å². The van der Waals surface area contributed by atoms with Crippen molar-refractivity contribution >= 4 is 34.3 Å². The molecule has 0 spiro atoms. The lowest BCUT2D eigenvalue weighted by molar-refractivity contribution is -0.113. The Bertz CT molecular complexity index is 1220. The third-order valence-corrected chi connectivity index (χ3v) is 5.18. The van der Waals surface area contributed by atoms with Crippen LogP contribution in [-0.2, 0) is 11.3 Å². The zero-order valence-corrected chi connectivity index (χ0v) is 16.0. The van der Waals surface area contributed by atoms with Crippen LogP contribution in [-0.4, -0.2) is 21.2 Å². The first kappa shape index (κ1) is 18.9. The summed E-state index contributed by atoms with van der Waals surface area (Å²) >= 11 is 1.11. The van der Waals surface area contributed by atoms with Gasteiger partial charge in [0.2, 0.25) is 5.91 Å². The molecule has 0 bridgehead atoms. The van der Waals surface area contributed by atoms with E-state index in [2.05, 4.69) is 10.3 Å². The number of fused-ring (bicyclic) bond motifs is 1. The number of nitrogens with zero attached hydrogens (tertiary/aromatic N) is 2. The largest absolute Gasteiger partial charge is 0.467 e. The van der Waals surface area contributed by atoms with Crippen LogP contribution in [0.25, 0.3) is 10.9 Å². The van der Waals surface area contributed by atoms with Gasteiger partial charge < -0.3 is 9.73 Å². The fourth-order valence-corrected chi connectivity index (χ4v) is 3.63. The van der Waals surface area contributed by atoms with Crippen molar-refractivity contribution in [1.29, 1.82) is 0 Å². The lowest BCUT2D eigenvalue weighted by Crippen LogP contribution is -2.24. The van der Waals surface area contributed by atoms with Gasteiger partial charge in [-0.25, -0.2) is 9.37 Å². The monoisotopic (exact) mass is 409 g/mol. The zero-order valence-electron chi connectivity index (χ0n) is 15.2. The molecule has 0 unspecified atom stereocenters. The predicted octanol–water partition coefficient (Wildman–Crippen LogP) is 3.91. The minimum atomic E-state index is -0.510. The van der Waals surface area contributed by atoms with Gasteiger partial charge in [-0.3, -0.25) is 14.2 Å². The molecule has 4 aromatic rings. The van der Waals surface area contributed by atoms with Crippen LogP contribution in [0.2, 0.25) is 0 Å². The highest BCUT2D eigenvalue weighted by atomic mass is 32.2. The Morgan fingerprint density at radius 2 is 1.90 bits per heavy atom. The summed E-state index contributed by atoms with van der Waals surface area (Å²) in [5, 5.41) is 3.40. The Kier molecular flexibility index (Phi) is 5.44. The molecule has 8 heteroatoms. The third-order valence-electron chi connectivity index (χ3n) is 4.20. The summed E-state index contributed by atoms with van der Waals surface area (Å²) in [6.45, 7) is 0.195. The molecule has 29 heavy (non-hydrogen) atoms. The quantitative estimate of drug-likeness (QED) is 0.386. The Labute approximate surface area is 169 Å². The van der Waals surface area contributed by atoms with Gasteiger partial charge in [0.1, 0.15) is 11.6 Å². The second-order valence-corrected chi connectivity index (χ2v) is 7.14. The molecule has 0 atom stereocenters. The summed E-state index contributed by atoms with van der Waals surface area (Å²) in [6, 6.07) is 16.5. The van der Waals surface area contributed by atoms with Crippen LogP contribution in [0.3, 0.4) is 0 Å². The van der Waals surface area contributed by atoms with Crippen LogP contribution in [0.5, 0.6) is 0 Å². The number of benzene rings is 2. The van der Waals surface area contributed by atoms with E-state index in [1.165, 1.54) is 23.0 Å². The van der Waals surface area contributed by atoms with E-state index >= 15 is 0 Å². The summed E-state index contributed by atoms with van der Waals surface area (Å²) in [5.74, 6) is -0.338. The number of carbonyl (C=O) groups is 1. The van der Waals surface area contributed by atoms with E-state index in [0.717, 1.165) is 11.8 Å². The Morgan fingerprint density at radius 1 is 1.10 bits per heavy atom.